The Labute approximate surface area is 116 Å². The van der Waals surface area contributed by atoms with Crippen LogP contribution in [0.2, 0.25) is 0 Å². The maximum absolute atomic E-state index is 4.51. The molecule has 18 heavy (non-hydrogen) atoms. The smallest absolute Gasteiger partial charge is 0.0815 e. The monoisotopic (exact) mass is 307 g/mol. The van der Waals surface area contributed by atoms with Gasteiger partial charge in [-0.05, 0) is 50.6 Å². The Balaban J connectivity index is 2.02. The molecule has 1 heterocycles. The van der Waals surface area contributed by atoms with E-state index >= 15 is 0 Å². The molecular formula is C14H18BrN3. The van der Waals surface area contributed by atoms with Crippen molar-refractivity contribution in [1.29, 1.82) is 0 Å². The molecule has 0 saturated carbocycles. The normalized spacial score (nSPS) is 10.9. The first-order chi connectivity index (χ1) is 8.54. The van der Waals surface area contributed by atoms with E-state index in [1.54, 1.807) is 0 Å². The van der Waals surface area contributed by atoms with E-state index in [1.807, 2.05) is 10.9 Å². The van der Waals surface area contributed by atoms with E-state index in [0.717, 1.165) is 22.4 Å². The molecule has 0 radical (unpaired) electrons. The average molecular weight is 308 g/mol. The van der Waals surface area contributed by atoms with Crippen LogP contribution in [0, 0.1) is 6.92 Å². The van der Waals surface area contributed by atoms with E-state index in [2.05, 4.69) is 71.4 Å². The highest BCUT2D eigenvalue weighted by Gasteiger charge is 2.02. The quantitative estimate of drug-likeness (QED) is 0.919. The minimum Gasteiger partial charge on any atom is -0.379 e. The fourth-order valence-electron chi connectivity index (χ4n) is 1.79. The van der Waals surface area contributed by atoms with Gasteiger partial charge in [-0.25, -0.2) is 0 Å². The predicted molar refractivity (Wildman–Crippen MR) is 78.8 cm³/mol. The fraction of sp³-hybridized carbons (Fsp3) is 0.357. The molecule has 0 atom stereocenters. The third-order valence-electron chi connectivity index (χ3n) is 2.71. The average Bonchev–Trinajstić information content (AvgIpc) is 2.73. The molecule has 0 bridgehead atoms. The zero-order valence-corrected chi connectivity index (χ0v) is 12.5. The van der Waals surface area contributed by atoms with Gasteiger partial charge in [-0.1, -0.05) is 15.9 Å². The van der Waals surface area contributed by atoms with E-state index in [4.69, 9.17) is 0 Å². The van der Waals surface area contributed by atoms with Gasteiger partial charge >= 0.3 is 0 Å². The zero-order valence-electron chi connectivity index (χ0n) is 10.9. The summed E-state index contributed by atoms with van der Waals surface area (Å²) >= 11 is 3.50. The lowest BCUT2D eigenvalue weighted by atomic mass is 10.2. The van der Waals surface area contributed by atoms with Crippen LogP contribution in [0.1, 0.15) is 31.1 Å². The number of nitrogens with zero attached hydrogens (tertiary/aromatic N) is 2. The number of rotatable bonds is 4. The van der Waals surface area contributed by atoms with Gasteiger partial charge in [0.05, 0.1) is 12.2 Å². The van der Waals surface area contributed by atoms with Crippen LogP contribution in [0.3, 0.4) is 0 Å². The number of hydrogen-bond donors (Lipinski definition) is 1. The molecule has 2 aromatic rings. The molecule has 0 unspecified atom stereocenters. The molecule has 0 saturated heterocycles. The van der Waals surface area contributed by atoms with Gasteiger partial charge in [0.2, 0.25) is 0 Å². The molecule has 0 aliphatic heterocycles. The van der Waals surface area contributed by atoms with E-state index in [-0.39, 0.29) is 0 Å². The standard InChI is InChI=1S/C14H18BrN3/c1-10(2)18-5-4-13(17-18)9-16-14-7-11(3)6-12(15)8-14/h4-8,10,16H,9H2,1-3H3. The maximum Gasteiger partial charge on any atom is 0.0815 e. The third-order valence-corrected chi connectivity index (χ3v) is 3.17. The Kier molecular flexibility index (Phi) is 4.07. The summed E-state index contributed by atoms with van der Waals surface area (Å²) in [6.07, 6.45) is 2.02. The highest BCUT2D eigenvalue weighted by molar-refractivity contribution is 9.10. The van der Waals surface area contributed by atoms with Crippen molar-refractivity contribution in [3.63, 3.8) is 0 Å². The Hall–Kier alpha value is -1.29. The molecule has 2 rings (SSSR count). The molecule has 1 N–H and O–H groups in total. The molecule has 0 aliphatic carbocycles. The molecule has 96 valence electrons. The van der Waals surface area contributed by atoms with Crippen molar-refractivity contribution in [2.45, 2.75) is 33.4 Å². The van der Waals surface area contributed by atoms with Crippen LogP contribution >= 0.6 is 15.9 Å². The minimum atomic E-state index is 0.409. The van der Waals surface area contributed by atoms with Gasteiger partial charge in [0, 0.05) is 22.4 Å². The highest BCUT2D eigenvalue weighted by Crippen LogP contribution is 2.19. The molecule has 0 spiro atoms. The van der Waals surface area contributed by atoms with E-state index < -0.39 is 0 Å². The van der Waals surface area contributed by atoms with Crippen molar-refractivity contribution in [3.8, 4) is 0 Å². The molecule has 3 nitrogen and oxygen atoms in total. The fourth-order valence-corrected chi connectivity index (χ4v) is 2.40. The predicted octanol–water partition coefficient (Wildman–Crippen LogP) is 4.15. The second kappa shape index (κ2) is 5.57. The Morgan fingerprint density at radius 1 is 1.33 bits per heavy atom. The van der Waals surface area contributed by atoms with Crippen LogP contribution in [0.5, 0.6) is 0 Å². The first-order valence-corrected chi connectivity index (χ1v) is 6.89. The van der Waals surface area contributed by atoms with Crippen LogP contribution in [0.15, 0.2) is 34.9 Å². The van der Waals surface area contributed by atoms with Gasteiger partial charge in [0.1, 0.15) is 0 Å². The van der Waals surface area contributed by atoms with Crippen molar-refractivity contribution in [1.82, 2.24) is 9.78 Å². The molecule has 1 aromatic carbocycles. The number of nitrogens with one attached hydrogen (secondary N) is 1. The van der Waals surface area contributed by atoms with Crippen molar-refractivity contribution < 1.29 is 0 Å². The zero-order chi connectivity index (χ0) is 13.1. The second-order valence-electron chi connectivity index (χ2n) is 4.75. The Morgan fingerprint density at radius 3 is 2.72 bits per heavy atom. The lowest BCUT2D eigenvalue weighted by Crippen LogP contribution is -2.04. The van der Waals surface area contributed by atoms with Crippen molar-refractivity contribution in [2.75, 3.05) is 5.32 Å². The van der Waals surface area contributed by atoms with Gasteiger partial charge in [-0.3, -0.25) is 4.68 Å². The summed E-state index contributed by atoms with van der Waals surface area (Å²) in [5.41, 5.74) is 3.40. The van der Waals surface area contributed by atoms with E-state index in [1.165, 1.54) is 5.56 Å². The summed E-state index contributed by atoms with van der Waals surface area (Å²) in [7, 11) is 0. The maximum atomic E-state index is 4.51. The summed E-state index contributed by atoms with van der Waals surface area (Å²) in [6, 6.07) is 8.76. The summed E-state index contributed by atoms with van der Waals surface area (Å²) in [5, 5.41) is 7.90. The van der Waals surface area contributed by atoms with Crippen LogP contribution in [-0.4, -0.2) is 9.78 Å². The highest BCUT2D eigenvalue weighted by atomic mass is 79.9. The minimum absolute atomic E-state index is 0.409. The van der Waals surface area contributed by atoms with Gasteiger partial charge in [-0.15, -0.1) is 0 Å². The molecule has 0 amide bonds. The Morgan fingerprint density at radius 2 is 2.11 bits per heavy atom. The molecule has 4 heteroatoms. The first kappa shape index (κ1) is 13.1. The Bertz CT molecular complexity index is 511. The number of hydrogen-bond acceptors (Lipinski definition) is 2. The third kappa shape index (κ3) is 3.35. The first-order valence-electron chi connectivity index (χ1n) is 6.09. The number of halogens is 1. The summed E-state index contributed by atoms with van der Waals surface area (Å²) < 4.78 is 3.07. The van der Waals surface area contributed by atoms with E-state index in [9.17, 15) is 0 Å². The molecule has 0 fully saturated rings. The number of aromatic nitrogens is 2. The van der Waals surface area contributed by atoms with Crippen molar-refractivity contribution in [3.05, 3.63) is 46.2 Å². The van der Waals surface area contributed by atoms with Crippen molar-refractivity contribution in [2.24, 2.45) is 0 Å². The topological polar surface area (TPSA) is 29.9 Å². The van der Waals surface area contributed by atoms with Gasteiger partial charge < -0.3 is 5.32 Å². The largest absolute Gasteiger partial charge is 0.379 e. The van der Waals surface area contributed by atoms with Gasteiger partial charge in [0.25, 0.3) is 0 Å². The summed E-state index contributed by atoms with van der Waals surface area (Å²) in [5.74, 6) is 0. The molecule has 1 aromatic heterocycles. The lowest BCUT2D eigenvalue weighted by molar-refractivity contribution is 0.527. The number of anilines is 1. The van der Waals surface area contributed by atoms with Crippen LogP contribution in [0.4, 0.5) is 5.69 Å². The van der Waals surface area contributed by atoms with Crippen LogP contribution in [0.25, 0.3) is 0 Å². The summed E-state index contributed by atoms with van der Waals surface area (Å²) in [6.45, 7) is 7.09. The molecule has 0 aliphatic rings. The SMILES string of the molecule is Cc1cc(Br)cc(NCc2ccn(C(C)C)n2)c1. The van der Waals surface area contributed by atoms with Crippen LogP contribution in [-0.2, 0) is 6.54 Å². The van der Waals surface area contributed by atoms with Gasteiger partial charge in [-0.2, -0.15) is 5.10 Å². The number of aryl methyl sites for hydroxylation is 1. The lowest BCUT2D eigenvalue weighted by Gasteiger charge is -2.07. The van der Waals surface area contributed by atoms with Crippen LogP contribution < -0.4 is 5.32 Å². The number of benzene rings is 1. The summed E-state index contributed by atoms with van der Waals surface area (Å²) in [4.78, 5) is 0. The van der Waals surface area contributed by atoms with E-state index in [0.29, 0.717) is 6.04 Å². The second-order valence-corrected chi connectivity index (χ2v) is 5.67. The van der Waals surface area contributed by atoms with Crippen molar-refractivity contribution >= 4 is 21.6 Å². The van der Waals surface area contributed by atoms with Gasteiger partial charge in [0.15, 0.2) is 0 Å². The molecular weight excluding hydrogens is 290 g/mol.